The van der Waals surface area contributed by atoms with Crippen LogP contribution in [0.3, 0.4) is 0 Å². The number of hydrogen-bond donors (Lipinski definition) is 2. The van der Waals surface area contributed by atoms with E-state index in [-0.39, 0.29) is 39.7 Å². The van der Waals surface area contributed by atoms with Gasteiger partial charge in [-0.3, -0.25) is 4.79 Å². The summed E-state index contributed by atoms with van der Waals surface area (Å²) in [4.78, 5) is 12.8. The average molecular weight is 487 g/mol. The van der Waals surface area contributed by atoms with Crippen molar-refractivity contribution in [3.8, 4) is 0 Å². The van der Waals surface area contributed by atoms with Gasteiger partial charge in [-0.1, -0.05) is 46.3 Å². The molecule has 4 saturated carbocycles. The molecule has 0 heterocycles. The van der Waals surface area contributed by atoms with Crippen LogP contribution in [0.1, 0.15) is 106 Å². The largest absolute Gasteiger partial charge is 0.469 e. The van der Waals surface area contributed by atoms with Gasteiger partial charge in [0.1, 0.15) is 0 Å². The molecule has 0 aromatic carbocycles. The van der Waals surface area contributed by atoms with Gasteiger partial charge in [0.25, 0.3) is 0 Å². The van der Waals surface area contributed by atoms with Crippen molar-refractivity contribution in [2.75, 3.05) is 13.7 Å². The monoisotopic (exact) mass is 486 g/mol. The van der Waals surface area contributed by atoms with Crippen LogP contribution in [0.15, 0.2) is 11.6 Å². The Balaban J connectivity index is 1.56. The lowest BCUT2D eigenvalue weighted by molar-refractivity contribution is -0.215. The highest BCUT2D eigenvalue weighted by molar-refractivity contribution is 5.76. The van der Waals surface area contributed by atoms with Crippen molar-refractivity contribution in [3.05, 3.63) is 11.6 Å². The minimum Gasteiger partial charge on any atom is -0.469 e. The van der Waals surface area contributed by atoms with Gasteiger partial charge in [-0.05, 0) is 111 Å². The van der Waals surface area contributed by atoms with E-state index in [9.17, 15) is 15.0 Å². The first kappa shape index (κ1) is 25.8. The highest BCUT2D eigenvalue weighted by Gasteiger charge is 2.68. The molecule has 2 N–H and O–H groups in total. The molecule has 4 heteroatoms. The zero-order valence-electron chi connectivity index (χ0n) is 23.4. The molecule has 0 aromatic heterocycles. The fourth-order valence-corrected chi connectivity index (χ4v) is 10.8. The van der Waals surface area contributed by atoms with Crippen LogP contribution >= 0.6 is 0 Å². The quantitative estimate of drug-likeness (QED) is 0.355. The topological polar surface area (TPSA) is 66.8 Å². The number of carbonyl (C=O) groups is 1. The van der Waals surface area contributed by atoms with Crippen molar-refractivity contribution >= 4 is 5.97 Å². The van der Waals surface area contributed by atoms with E-state index < -0.39 is 11.5 Å². The van der Waals surface area contributed by atoms with Crippen molar-refractivity contribution in [2.45, 2.75) is 112 Å². The maximum Gasteiger partial charge on any atom is 0.311 e. The van der Waals surface area contributed by atoms with Crippen LogP contribution in [0.25, 0.3) is 0 Å². The van der Waals surface area contributed by atoms with E-state index in [1.54, 1.807) is 5.57 Å². The summed E-state index contributed by atoms with van der Waals surface area (Å²) in [6.07, 6.45) is 12.8. The number of ether oxygens (including phenoxy) is 1. The summed E-state index contributed by atoms with van der Waals surface area (Å²) in [5.74, 6) is 1.31. The number of rotatable bonds is 2. The number of hydrogen-bond acceptors (Lipinski definition) is 4. The van der Waals surface area contributed by atoms with Gasteiger partial charge >= 0.3 is 5.97 Å². The second kappa shape index (κ2) is 7.82. The summed E-state index contributed by atoms with van der Waals surface area (Å²) in [6.45, 7) is 14.5. The maximum absolute atomic E-state index is 12.8. The van der Waals surface area contributed by atoms with E-state index in [2.05, 4.69) is 47.6 Å². The summed E-state index contributed by atoms with van der Waals surface area (Å²) in [5, 5.41) is 21.4. The van der Waals surface area contributed by atoms with Crippen molar-refractivity contribution < 1.29 is 19.7 Å². The molecule has 0 bridgehead atoms. The van der Waals surface area contributed by atoms with Crippen LogP contribution in [-0.2, 0) is 9.53 Å². The number of fused-ring (bicyclic) bond motifs is 7. The van der Waals surface area contributed by atoms with Gasteiger partial charge in [-0.15, -0.1) is 0 Å². The van der Waals surface area contributed by atoms with E-state index in [4.69, 9.17) is 4.74 Å². The highest BCUT2D eigenvalue weighted by Crippen LogP contribution is 2.75. The number of aliphatic hydroxyl groups excluding tert-OH is 2. The fraction of sp³-hybridized carbons (Fsp3) is 0.903. The van der Waals surface area contributed by atoms with Crippen LogP contribution < -0.4 is 0 Å². The predicted octanol–water partition coefficient (Wildman–Crippen LogP) is 6.29. The summed E-state index contributed by atoms with van der Waals surface area (Å²) >= 11 is 0. The third-order valence-corrected chi connectivity index (χ3v) is 13.6. The summed E-state index contributed by atoms with van der Waals surface area (Å²) in [6, 6.07) is 0. The molecule has 4 nitrogen and oxygen atoms in total. The van der Waals surface area contributed by atoms with Crippen molar-refractivity contribution in [2.24, 2.45) is 50.2 Å². The molecule has 0 radical (unpaired) electrons. The lowest BCUT2D eigenvalue weighted by atomic mass is 9.33. The Kier molecular flexibility index (Phi) is 5.76. The molecule has 10 atom stereocenters. The van der Waals surface area contributed by atoms with Crippen molar-refractivity contribution in [1.82, 2.24) is 0 Å². The third-order valence-electron chi connectivity index (χ3n) is 13.6. The van der Waals surface area contributed by atoms with Crippen LogP contribution in [0.5, 0.6) is 0 Å². The van der Waals surface area contributed by atoms with Crippen molar-refractivity contribution in [3.63, 3.8) is 0 Å². The molecule has 0 spiro atoms. The molecule has 5 rings (SSSR count). The third kappa shape index (κ3) is 3.14. The zero-order chi connectivity index (χ0) is 25.7. The molecule has 5 aliphatic rings. The average Bonchev–Trinajstić information content (AvgIpc) is 2.82. The van der Waals surface area contributed by atoms with E-state index in [1.165, 1.54) is 20.0 Å². The highest BCUT2D eigenvalue weighted by atomic mass is 16.5. The number of aliphatic hydroxyl groups is 2. The van der Waals surface area contributed by atoms with Gasteiger partial charge < -0.3 is 14.9 Å². The minimum absolute atomic E-state index is 0.0376. The minimum atomic E-state index is -0.408. The molecule has 0 saturated heterocycles. The molecule has 0 aliphatic heterocycles. The molecule has 0 aromatic rings. The van der Waals surface area contributed by atoms with E-state index in [1.807, 2.05) is 0 Å². The molecule has 35 heavy (non-hydrogen) atoms. The first-order valence-electron chi connectivity index (χ1n) is 14.3. The van der Waals surface area contributed by atoms with Crippen LogP contribution in [0, 0.1) is 50.2 Å². The van der Waals surface area contributed by atoms with Crippen LogP contribution in [-0.4, -0.2) is 36.0 Å². The smallest absolute Gasteiger partial charge is 0.311 e. The zero-order valence-corrected chi connectivity index (χ0v) is 23.4. The summed E-state index contributed by atoms with van der Waals surface area (Å²) in [5.41, 5.74) is 1.58. The van der Waals surface area contributed by atoms with Crippen molar-refractivity contribution in [1.29, 1.82) is 0 Å². The summed E-state index contributed by atoms with van der Waals surface area (Å²) < 4.78 is 5.28. The van der Waals surface area contributed by atoms with E-state index in [0.29, 0.717) is 17.8 Å². The second-order valence-corrected chi connectivity index (χ2v) is 15.0. The maximum atomic E-state index is 12.8. The van der Waals surface area contributed by atoms with E-state index in [0.717, 1.165) is 51.4 Å². The lowest BCUT2D eigenvalue weighted by Gasteiger charge is -2.71. The molecule has 4 fully saturated rings. The standard InChI is InChI=1S/C31H50O4/c1-26-14-15-27(2,25(34)35-7)18-21(26)20-8-9-23-28(3)12-11-24(33)29(4,19-32)22(28)10-13-31(23,6)30(20,5)17-16-26/h8,21-24,32-33H,9-19H2,1-7H3. The molecular weight excluding hydrogens is 436 g/mol. The van der Waals surface area contributed by atoms with Crippen LogP contribution in [0.2, 0.25) is 0 Å². The Morgan fingerprint density at radius 3 is 2.31 bits per heavy atom. The first-order chi connectivity index (χ1) is 16.2. The Bertz CT molecular complexity index is 927. The van der Waals surface area contributed by atoms with E-state index >= 15 is 0 Å². The number of methoxy groups -OCH3 is 1. The molecule has 198 valence electrons. The number of esters is 1. The van der Waals surface area contributed by atoms with Gasteiger partial charge in [-0.25, -0.2) is 0 Å². The predicted molar refractivity (Wildman–Crippen MR) is 138 cm³/mol. The lowest BCUT2D eigenvalue weighted by Crippen LogP contribution is -2.65. The van der Waals surface area contributed by atoms with Gasteiger partial charge in [0.15, 0.2) is 0 Å². The summed E-state index contributed by atoms with van der Waals surface area (Å²) in [7, 11) is 1.54. The number of carbonyl (C=O) groups excluding carboxylic acids is 1. The Hall–Kier alpha value is -0.870. The second-order valence-electron chi connectivity index (χ2n) is 15.0. The molecular formula is C31H50O4. The molecule has 0 amide bonds. The Labute approximate surface area is 213 Å². The van der Waals surface area contributed by atoms with Gasteiger partial charge in [0.05, 0.1) is 25.2 Å². The first-order valence-corrected chi connectivity index (χ1v) is 14.3. The Morgan fingerprint density at radius 1 is 0.971 bits per heavy atom. The fourth-order valence-electron chi connectivity index (χ4n) is 10.8. The van der Waals surface area contributed by atoms with Gasteiger partial charge in [0.2, 0.25) is 0 Å². The SMILES string of the molecule is COC(=O)C1(C)CCC2(C)CCC3(C)C(=CCC4C5(C)CCC(O)C(C)(CO)C5CCC43C)C2C1. The van der Waals surface area contributed by atoms with Gasteiger partial charge in [-0.2, -0.15) is 0 Å². The Morgan fingerprint density at radius 2 is 1.66 bits per heavy atom. The molecule has 5 aliphatic carbocycles. The molecule has 10 unspecified atom stereocenters. The normalized spacial score (nSPS) is 55.5. The van der Waals surface area contributed by atoms with Gasteiger partial charge in [0, 0.05) is 5.41 Å². The number of allylic oxidation sites excluding steroid dienone is 2. The van der Waals surface area contributed by atoms with Crippen LogP contribution in [0.4, 0.5) is 0 Å².